The number of fused-ring (bicyclic) bond motifs is 3. The van der Waals surface area contributed by atoms with Gasteiger partial charge in [0.15, 0.2) is 0 Å². The minimum atomic E-state index is -0.0219. The minimum Gasteiger partial charge on any atom is -0.495 e. The summed E-state index contributed by atoms with van der Waals surface area (Å²) >= 11 is 0. The Labute approximate surface area is 142 Å². The highest BCUT2D eigenvalue weighted by atomic mass is 16.5. The first-order valence-corrected chi connectivity index (χ1v) is 8.41. The monoisotopic (exact) mass is 325 g/mol. The van der Waals surface area contributed by atoms with E-state index in [1.165, 1.54) is 16.7 Å². The van der Waals surface area contributed by atoms with Gasteiger partial charge in [-0.05, 0) is 29.5 Å². The van der Waals surface area contributed by atoms with Crippen LogP contribution in [0, 0.1) is 5.92 Å². The fourth-order valence-electron chi connectivity index (χ4n) is 3.97. The number of methoxy groups -OCH3 is 1. The van der Waals surface area contributed by atoms with Gasteiger partial charge in [-0.15, -0.1) is 0 Å². The zero-order valence-corrected chi connectivity index (χ0v) is 14.4. The fraction of sp³-hybridized carbons (Fsp3) is 0.474. The molecular formula is C19H23N3O2. The molecule has 0 spiro atoms. The minimum absolute atomic E-state index is 0.0219. The Morgan fingerprint density at radius 2 is 2.12 bits per heavy atom. The highest BCUT2D eigenvalue weighted by molar-refractivity contribution is 5.81. The van der Waals surface area contributed by atoms with Gasteiger partial charge in [-0.1, -0.05) is 13.8 Å². The molecule has 0 saturated carbocycles. The van der Waals surface area contributed by atoms with Gasteiger partial charge in [-0.3, -0.25) is 0 Å². The SMILES string of the molecule is COc1ccc2c(c1N1CC(CO)C1)CC(C)(C)c1cncnc1-2. The summed E-state index contributed by atoms with van der Waals surface area (Å²) in [6.45, 7) is 6.48. The average Bonchev–Trinajstić information content (AvgIpc) is 2.54. The van der Waals surface area contributed by atoms with Crippen LogP contribution < -0.4 is 9.64 Å². The first-order valence-electron chi connectivity index (χ1n) is 8.41. The molecule has 2 aromatic rings. The highest BCUT2D eigenvalue weighted by Gasteiger charge is 2.37. The lowest BCUT2D eigenvalue weighted by atomic mass is 9.71. The Morgan fingerprint density at radius 3 is 2.83 bits per heavy atom. The third kappa shape index (κ3) is 2.18. The third-order valence-electron chi connectivity index (χ3n) is 5.31. The van der Waals surface area contributed by atoms with Crippen LogP contribution in [0.4, 0.5) is 5.69 Å². The quantitative estimate of drug-likeness (QED) is 0.939. The maximum atomic E-state index is 9.35. The van der Waals surface area contributed by atoms with Gasteiger partial charge >= 0.3 is 0 Å². The third-order valence-corrected chi connectivity index (χ3v) is 5.31. The Morgan fingerprint density at radius 1 is 1.33 bits per heavy atom. The summed E-state index contributed by atoms with van der Waals surface area (Å²) in [5.41, 5.74) is 5.84. The van der Waals surface area contributed by atoms with E-state index in [9.17, 15) is 5.11 Å². The van der Waals surface area contributed by atoms with Crippen molar-refractivity contribution in [2.75, 3.05) is 31.7 Å². The summed E-state index contributed by atoms with van der Waals surface area (Å²) < 4.78 is 5.66. The van der Waals surface area contributed by atoms with Crippen molar-refractivity contribution in [2.24, 2.45) is 5.92 Å². The number of aliphatic hydroxyl groups is 1. The van der Waals surface area contributed by atoms with Gasteiger partial charge < -0.3 is 14.7 Å². The summed E-state index contributed by atoms with van der Waals surface area (Å²) in [6.07, 6.45) is 4.50. The van der Waals surface area contributed by atoms with Crippen LogP contribution in [0.2, 0.25) is 0 Å². The van der Waals surface area contributed by atoms with E-state index in [2.05, 4.69) is 34.8 Å². The number of hydrogen-bond acceptors (Lipinski definition) is 5. The lowest BCUT2D eigenvalue weighted by Gasteiger charge is -2.44. The predicted molar refractivity (Wildman–Crippen MR) is 93.5 cm³/mol. The van der Waals surface area contributed by atoms with E-state index in [0.717, 1.165) is 36.6 Å². The first-order chi connectivity index (χ1) is 11.5. The lowest BCUT2D eigenvalue weighted by molar-refractivity contribution is 0.200. The van der Waals surface area contributed by atoms with Crippen LogP contribution in [0.15, 0.2) is 24.7 Å². The zero-order chi connectivity index (χ0) is 16.9. The molecule has 0 unspecified atom stereocenters. The van der Waals surface area contributed by atoms with Gasteiger partial charge in [0.05, 0.1) is 18.5 Å². The van der Waals surface area contributed by atoms with Gasteiger partial charge in [0.2, 0.25) is 0 Å². The molecule has 0 radical (unpaired) electrons. The highest BCUT2D eigenvalue weighted by Crippen LogP contribution is 2.48. The number of rotatable bonds is 3. The second-order valence-corrected chi connectivity index (χ2v) is 7.44. The standard InChI is InChI=1S/C19H23N3O2/c1-19(2)6-14-13(17-15(19)7-20-11-21-17)4-5-16(24-3)18(14)22-8-12(9-22)10-23/h4-5,7,11-12,23H,6,8-10H2,1-3H3. The largest absolute Gasteiger partial charge is 0.495 e. The van der Waals surface area contributed by atoms with Crippen LogP contribution >= 0.6 is 0 Å². The molecular weight excluding hydrogens is 302 g/mol. The lowest BCUT2D eigenvalue weighted by Crippen LogP contribution is -2.49. The molecule has 1 aromatic heterocycles. The van der Waals surface area contributed by atoms with Crippen LogP contribution in [-0.2, 0) is 11.8 Å². The van der Waals surface area contributed by atoms with Crippen LogP contribution in [0.1, 0.15) is 25.0 Å². The molecule has 1 aliphatic heterocycles. The molecule has 0 atom stereocenters. The number of ether oxygens (including phenoxy) is 1. The second kappa shape index (κ2) is 5.45. The van der Waals surface area contributed by atoms with Gasteiger partial charge in [0.25, 0.3) is 0 Å². The van der Waals surface area contributed by atoms with Crippen molar-refractivity contribution in [3.63, 3.8) is 0 Å². The zero-order valence-electron chi connectivity index (χ0n) is 14.4. The molecule has 5 nitrogen and oxygen atoms in total. The molecule has 4 rings (SSSR count). The van der Waals surface area contributed by atoms with Crippen molar-refractivity contribution in [1.82, 2.24) is 9.97 Å². The van der Waals surface area contributed by atoms with E-state index >= 15 is 0 Å². The van der Waals surface area contributed by atoms with Crippen molar-refractivity contribution >= 4 is 5.69 Å². The van der Waals surface area contributed by atoms with Crippen molar-refractivity contribution in [3.8, 4) is 17.0 Å². The molecule has 1 saturated heterocycles. The van der Waals surface area contributed by atoms with Crippen molar-refractivity contribution in [3.05, 3.63) is 35.8 Å². The maximum Gasteiger partial charge on any atom is 0.142 e. The average molecular weight is 325 g/mol. The van der Waals surface area contributed by atoms with E-state index < -0.39 is 0 Å². The number of hydrogen-bond donors (Lipinski definition) is 1. The maximum absolute atomic E-state index is 9.35. The topological polar surface area (TPSA) is 58.5 Å². The number of aliphatic hydroxyl groups excluding tert-OH is 1. The smallest absolute Gasteiger partial charge is 0.142 e. The molecule has 1 fully saturated rings. The normalized spacial score (nSPS) is 18.6. The van der Waals surface area contributed by atoms with Crippen LogP contribution in [0.5, 0.6) is 5.75 Å². The molecule has 0 bridgehead atoms. The molecule has 24 heavy (non-hydrogen) atoms. The Kier molecular flexibility index (Phi) is 3.49. The molecule has 0 amide bonds. The number of benzene rings is 1. The summed E-state index contributed by atoms with van der Waals surface area (Å²) in [6, 6.07) is 4.15. The fourth-order valence-corrected chi connectivity index (χ4v) is 3.97. The number of anilines is 1. The molecule has 1 aliphatic carbocycles. The van der Waals surface area contributed by atoms with Crippen molar-refractivity contribution in [1.29, 1.82) is 0 Å². The van der Waals surface area contributed by atoms with Gasteiger partial charge in [-0.25, -0.2) is 9.97 Å². The van der Waals surface area contributed by atoms with Crippen LogP contribution in [0.3, 0.4) is 0 Å². The molecule has 126 valence electrons. The molecule has 1 aromatic carbocycles. The van der Waals surface area contributed by atoms with E-state index in [1.807, 2.05) is 12.3 Å². The summed E-state index contributed by atoms with van der Waals surface area (Å²) in [5.74, 6) is 1.26. The van der Waals surface area contributed by atoms with Gasteiger partial charge in [0, 0.05) is 42.9 Å². The van der Waals surface area contributed by atoms with E-state index in [1.54, 1.807) is 13.4 Å². The Balaban J connectivity index is 1.89. The summed E-state index contributed by atoms with van der Waals surface area (Å²) in [7, 11) is 1.72. The van der Waals surface area contributed by atoms with E-state index in [0.29, 0.717) is 5.92 Å². The number of nitrogens with zero attached hydrogens (tertiary/aromatic N) is 3. The van der Waals surface area contributed by atoms with Crippen molar-refractivity contribution in [2.45, 2.75) is 25.7 Å². The van der Waals surface area contributed by atoms with Crippen LogP contribution in [-0.4, -0.2) is 41.9 Å². The Bertz CT molecular complexity index is 782. The summed E-state index contributed by atoms with van der Waals surface area (Å²) in [4.78, 5) is 11.1. The number of aromatic nitrogens is 2. The summed E-state index contributed by atoms with van der Waals surface area (Å²) in [5, 5.41) is 9.35. The molecule has 5 heteroatoms. The molecule has 2 heterocycles. The van der Waals surface area contributed by atoms with E-state index in [4.69, 9.17) is 4.74 Å². The second-order valence-electron chi connectivity index (χ2n) is 7.44. The van der Waals surface area contributed by atoms with Crippen LogP contribution in [0.25, 0.3) is 11.3 Å². The molecule has 2 aliphatic rings. The van der Waals surface area contributed by atoms with Gasteiger partial charge in [-0.2, -0.15) is 0 Å². The first kappa shape index (κ1) is 15.4. The Hall–Kier alpha value is -2.14. The van der Waals surface area contributed by atoms with Crippen molar-refractivity contribution < 1.29 is 9.84 Å². The van der Waals surface area contributed by atoms with E-state index in [-0.39, 0.29) is 12.0 Å². The molecule has 1 N–H and O–H groups in total. The predicted octanol–water partition coefficient (Wildman–Crippen LogP) is 2.41. The van der Waals surface area contributed by atoms with Gasteiger partial charge in [0.1, 0.15) is 12.1 Å².